The lowest BCUT2D eigenvalue weighted by molar-refractivity contribution is -0.138. The standard InChI is InChI=1S/C20H22N2O4/c1-2-11-22(12-19(23)24)21-20(25)26-13-18-16-9-5-3-7-14(16)15-8-4-6-10-17(15)18/h3-10,18H,2,11-13H2,1H3,(H,21,25)(H,23,24). The zero-order valence-electron chi connectivity index (χ0n) is 14.6. The molecule has 1 aliphatic carbocycles. The summed E-state index contributed by atoms with van der Waals surface area (Å²) in [6.45, 7) is 2.29. The van der Waals surface area contributed by atoms with E-state index in [1.54, 1.807) is 0 Å². The maximum absolute atomic E-state index is 12.1. The number of hydrazine groups is 1. The highest BCUT2D eigenvalue weighted by Crippen LogP contribution is 2.44. The van der Waals surface area contributed by atoms with Crippen molar-refractivity contribution in [3.8, 4) is 11.1 Å². The van der Waals surface area contributed by atoms with Crippen molar-refractivity contribution in [2.24, 2.45) is 0 Å². The highest BCUT2D eigenvalue weighted by molar-refractivity contribution is 5.79. The van der Waals surface area contributed by atoms with Gasteiger partial charge in [-0.2, -0.15) is 0 Å². The van der Waals surface area contributed by atoms with Crippen molar-refractivity contribution < 1.29 is 19.4 Å². The number of rotatable bonds is 7. The number of carboxylic acids is 1. The molecule has 0 heterocycles. The lowest BCUT2D eigenvalue weighted by Gasteiger charge is -2.21. The van der Waals surface area contributed by atoms with Crippen molar-refractivity contribution in [1.82, 2.24) is 10.4 Å². The first kappa shape index (κ1) is 17.9. The number of carboxylic acid groups (broad SMARTS) is 1. The Bertz CT molecular complexity index is 760. The van der Waals surface area contributed by atoms with Gasteiger partial charge in [0.25, 0.3) is 0 Å². The molecule has 136 valence electrons. The van der Waals surface area contributed by atoms with E-state index in [0.29, 0.717) is 6.54 Å². The van der Waals surface area contributed by atoms with Gasteiger partial charge in [-0.3, -0.25) is 10.2 Å². The Morgan fingerprint density at radius 1 is 1.08 bits per heavy atom. The van der Waals surface area contributed by atoms with E-state index in [9.17, 15) is 9.59 Å². The molecule has 6 nitrogen and oxygen atoms in total. The molecule has 0 saturated heterocycles. The number of aliphatic carboxylic acids is 1. The van der Waals surface area contributed by atoms with E-state index in [-0.39, 0.29) is 19.1 Å². The Balaban J connectivity index is 1.68. The largest absolute Gasteiger partial charge is 0.480 e. The molecule has 0 fully saturated rings. The third kappa shape index (κ3) is 3.86. The normalized spacial score (nSPS) is 12.5. The van der Waals surface area contributed by atoms with Gasteiger partial charge in [0, 0.05) is 12.5 Å². The van der Waals surface area contributed by atoms with E-state index in [1.807, 2.05) is 31.2 Å². The summed E-state index contributed by atoms with van der Waals surface area (Å²) in [7, 11) is 0. The van der Waals surface area contributed by atoms with Gasteiger partial charge in [0.2, 0.25) is 0 Å². The van der Waals surface area contributed by atoms with E-state index in [2.05, 4.69) is 29.7 Å². The SMILES string of the molecule is CCCN(CC(=O)O)NC(=O)OCC1c2ccccc2-c2ccccc21. The van der Waals surface area contributed by atoms with E-state index < -0.39 is 12.1 Å². The number of amides is 1. The molecule has 2 aromatic carbocycles. The van der Waals surface area contributed by atoms with Crippen LogP contribution in [0.1, 0.15) is 30.4 Å². The van der Waals surface area contributed by atoms with Crippen LogP contribution in [0.3, 0.4) is 0 Å². The molecule has 2 aromatic rings. The maximum Gasteiger partial charge on any atom is 0.421 e. The predicted molar refractivity (Wildman–Crippen MR) is 97.7 cm³/mol. The number of benzene rings is 2. The molecule has 0 aliphatic heterocycles. The summed E-state index contributed by atoms with van der Waals surface area (Å²) in [5.74, 6) is -1.02. The Morgan fingerprint density at radius 2 is 1.65 bits per heavy atom. The van der Waals surface area contributed by atoms with E-state index >= 15 is 0 Å². The number of ether oxygens (including phenoxy) is 1. The van der Waals surface area contributed by atoms with Crippen LogP contribution in [-0.4, -0.2) is 41.9 Å². The fraction of sp³-hybridized carbons (Fsp3) is 0.300. The van der Waals surface area contributed by atoms with Crippen LogP contribution in [0.5, 0.6) is 0 Å². The van der Waals surface area contributed by atoms with Crippen LogP contribution in [0.15, 0.2) is 48.5 Å². The molecule has 2 N–H and O–H groups in total. The number of carbonyl (C=O) groups is 2. The summed E-state index contributed by atoms with van der Waals surface area (Å²) < 4.78 is 5.41. The van der Waals surface area contributed by atoms with Gasteiger partial charge in [0.1, 0.15) is 13.2 Å². The lowest BCUT2D eigenvalue weighted by Crippen LogP contribution is -2.45. The molecule has 0 unspecified atom stereocenters. The number of hydrogen-bond acceptors (Lipinski definition) is 4. The molecule has 3 rings (SSSR count). The van der Waals surface area contributed by atoms with Crippen LogP contribution in [0, 0.1) is 0 Å². The highest BCUT2D eigenvalue weighted by Gasteiger charge is 2.29. The minimum Gasteiger partial charge on any atom is -0.480 e. The van der Waals surface area contributed by atoms with Crippen molar-refractivity contribution in [2.75, 3.05) is 19.7 Å². The quantitative estimate of drug-likeness (QED) is 0.746. The molecule has 0 atom stereocenters. The molecule has 1 amide bonds. The fourth-order valence-electron chi connectivity index (χ4n) is 3.37. The third-order valence-corrected chi connectivity index (χ3v) is 4.41. The van der Waals surface area contributed by atoms with Gasteiger partial charge < -0.3 is 9.84 Å². The number of nitrogens with zero attached hydrogens (tertiary/aromatic N) is 1. The molecule has 0 radical (unpaired) electrons. The topological polar surface area (TPSA) is 78.9 Å². The van der Waals surface area contributed by atoms with Gasteiger partial charge in [-0.25, -0.2) is 9.80 Å². The monoisotopic (exact) mass is 354 g/mol. The zero-order valence-corrected chi connectivity index (χ0v) is 14.6. The van der Waals surface area contributed by atoms with E-state index in [0.717, 1.165) is 28.7 Å². The van der Waals surface area contributed by atoms with Gasteiger partial charge in [-0.05, 0) is 28.7 Å². The van der Waals surface area contributed by atoms with Crippen molar-refractivity contribution in [3.63, 3.8) is 0 Å². The molecular formula is C20H22N2O4. The van der Waals surface area contributed by atoms with Gasteiger partial charge in [-0.15, -0.1) is 0 Å². The van der Waals surface area contributed by atoms with Crippen LogP contribution >= 0.6 is 0 Å². The summed E-state index contributed by atoms with van der Waals surface area (Å²) in [6, 6.07) is 16.2. The summed E-state index contributed by atoms with van der Waals surface area (Å²) in [5.41, 5.74) is 7.11. The summed E-state index contributed by atoms with van der Waals surface area (Å²) >= 11 is 0. The van der Waals surface area contributed by atoms with Crippen molar-refractivity contribution in [1.29, 1.82) is 0 Å². The van der Waals surface area contributed by atoms with Crippen LogP contribution in [-0.2, 0) is 9.53 Å². The first-order valence-electron chi connectivity index (χ1n) is 8.68. The average Bonchev–Trinajstić information content (AvgIpc) is 2.94. The Morgan fingerprint density at radius 3 is 2.19 bits per heavy atom. The molecule has 26 heavy (non-hydrogen) atoms. The fourth-order valence-corrected chi connectivity index (χ4v) is 3.37. The molecule has 0 bridgehead atoms. The zero-order chi connectivity index (χ0) is 18.5. The Hall–Kier alpha value is -2.86. The van der Waals surface area contributed by atoms with Crippen LogP contribution in [0.25, 0.3) is 11.1 Å². The maximum atomic E-state index is 12.1. The molecule has 1 aliphatic rings. The Kier molecular flexibility index (Phi) is 5.53. The second-order valence-corrected chi connectivity index (χ2v) is 6.25. The van der Waals surface area contributed by atoms with E-state index in [4.69, 9.17) is 9.84 Å². The third-order valence-electron chi connectivity index (χ3n) is 4.41. The molecule has 0 spiro atoms. The van der Waals surface area contributed by atoms with Crippen molar-refractivity contribution >= 4 is 12.1 Å². The molecule has 0 aromatic heterocycles. The second-order valence-electron chi connectivity index (χ2n) is 6.25. The smallest absolute Gasteiger partial charge is 0.421 e. The van der Waals surface area contributed by atoms with E-state index in [1.165, 1.54) is 5.01 Å². The number of carbonyl (C=O) groups excluding carboxylic acids is 1. The first-order chi connectivity index (χ1) is 12.6. The van der Waals surface area contributed by atoms with Crippen LogP contribution in [0.2, 0.25) is 0 Å². The minimum atomic E-state index is -1.00. The highest BCUT2D eigenvalue weighted by atomic mass is 16.6. The van der Waals surface area contributed by atoms with Crippen LogP contribution < -0.4 is 5.43 Å². The van der Waals surface area contributed by atoms with Crippen molar-refractivity contribution in [2.45, 2.75) is 19.3 Å². The molecular weight excluding hydrogens is 332 g/mol. The second kappa shape index (κ2) is 8.01. The molecule has 6 heteroatoms. The predicted octanol–water partition coefficient (Wildman–Crippen LogP) is 3.24. The Labute approximate surface area is 152 Å². The lowest BCUT2D eigenvalue weighted by atomic mass is 9.98. The molecule has 0 saturated carbocycles. The van der Waals surface area contributed by atoms with Crippen LogP contribution in [0.4, 0.5) is 4.79 Å². The van der Waals surface area contributed by atoms with Gasteiger partial charge >= 0.3 is 12.1 Å². The average molecular weight is 354 g/mol. The van der Waals surface area contributed by atoms with Gasteiger partial charge in [-0.1, -0.05) is 55.5 Å². The summed E-state index contributed by atoms with van der Waals surface area (Å²) in [4.78, 5) is 23.0. The number of hydrogen-bond donors (Lipinski definition) is 2. The van der Waals surface area contributed by atoms with Gasteiger partial charge in [0.05, 0.1) is 0 Å². The van der Waals surface area contributed by atoms with Crippen molar-refractivity contribution in [3.05, 3.63) is 59.7 Å². The number of nitrogens with one attached hydrogen (secondary N) is 1. The van der Waals surface area contributed by atoms with Gasteiger partial charge in [0.15, 0.2) is 0 Å². The summed E-state index contributed by atoms with van der Waals surface area (Å²) in [6.07, 6.45) is 0.0817. The summed E-state index contributed by atoms with van der Waals surface area (Å²) in [5, 5.41) is 10.3. The first-order valence-corrected chi connectivity index (χ1v) is 8.68. The minimum absolute atomic E-state index is 0.0211. The number of fused-ring (bicyclic) bond motifs is 3.